The van der Waals surface area contributed by atoms with Crippen LogP contribution in [0.5, 0.6) is 5.75 Å². The van der Waals surface area contributed by atoms with Gasteiger partial charge in [-0.3, -0.25) is 4.79 Å². The van der Waals surface area contributed by atoms with Crippen LogP contribution in [0, 0.1) is 0 Å². The van der Waals surface area contributed by atoms with Crippen LogP contribution < -0.4 is 4.74 Å². The summed E-state index contributed by atoms with van der Waals surface area (Å²) >= 11 is 0. The van der Waals surface area contributed by atoms with Crippen LogP contribution in [0.25, 0.3) is 0 Å². The molecular formula is C14H14N2O2. The first-order valence-corrected chi connectivity index (χ1v) is 6.06. The zero-order chi connectivity index (χ0) is 12.4. The molecule has 1 aromatic heterocycles. The van der Waals surface area contributed by atoms with Crippen molar-refractivity contribution in [3.8, 4) is 5.75 Å². The number of imidazole rings is 1. The van der Waals surface area contributed by atoms with Crippen molar-refractivity contribution in [3.63, 3.8) is 0 Å². The number of aldehydes is 1. The molecule has 1 aliphatic rings. The summed E-state index contributed by atoms with van der Waals surface area (Å²) in [5, 5.41) is 0. The van der Waals surface area contributed by atoms with Crippen LogP contribution in [0.3, 0.4) is 0 Å². The van der Waals surface area contributed by atoms with Crippen LogP contribution in [-0.4, -0.2) is 22.4 Å². The third-order valence-electron chi connectivity index (χ3n) is 3.35. The molecule has 1 unspecified atom stereocenters. The van der Waals surface area contributed by atoms with E-state index in [1.54, 1.807) is 6.20 Å². The zero-order valence-corrected chi connectivity index (χ0v) is 9.95. The van der Waals surface area contributed by atoms with Gasteiger partial charge in [-0.15, -0.1) is 0 Å². The Morgan fingerprint density at radius 2 is 2.33 bits per heavy atom. The molecule has 4 heteroatoms. The molecule has 0 saturated heterocycles. The predicted molar refractivity (Wildman–Crippen MR) is 66.9 cm³/mol. The van der Waals surface area contributed by atoms with E-state index in [-0.39, 0.29) is 0 Å². The second-order valence-corrected chi connectivity index (χ2v) is 4.43. The normalized spacial score (nSPS) is 17.9. The summed E-state index contributed by atoms with van der Waals surface area (Å²) in [6.45, 7) is 1.50. The summed E-state index contributed by atoms with van der Waals surface area (Å²) in [4.78, 5) is 14.9. The lowest BCUT2D eigenvalue weighted by Gasteiger charge is -2.26. The van der Waals surface area contributed by atoms with Crippen molar-refractivity contribution in [1.82, 2.24) is 9.55 Å². The highest BCUT2D eigenvalue weighted by molar-refractivity contribution is 5.69. The lowest BCUT2D eigenvalue weighted by Crippen LogP contribution is -2.19. The highest BCUT2D eigenvalue weighted by Crippen LogP contribution is 2.34. The van der Waals surface area contributed by atoms with E-state index in [4.69, 9.17) is 4.74 Å². The smallest absolute Gasteiger partial charge is 0.185 e. The Balaban J connectivity index is 1.88. The van der Waals surface area contributed by atoms with Gasteiger partial charge in [-0.2, -0.15) is 0 Å². The molecule has 4 nitrogen and oxygen atoms in total. The largest absolute Gasteiger partial charge is 0.493 e. The highest BCUT2D eigenvalue weighted by atomic mass is 16.5. The molecule has 2 aromatic rings. The van der Waals surface area contributed by atoms with Gasteiger partial charge >= 0.3 is 0 Å². The summed E-state index contributed by atoms with van der Waals surface area (Å²) in [5.41, 5.74) is 1.22. The van der Waals surface area contributed by atoms with Crippen molar-refractivity contribution in [2.45, 2.75) is 18.9 Å². The molecule has 0 radical (unpaired) electrons. The van der Waals surface area contributed by atoms with E-state index in [0.29, 0.717) is 11.7 Å². The molecule has 0 aliphatic carbocycles. The van der Waals surface area contributed by atoms with Gasteiger partial charge in [0.2, 0.25) is 0 Å². The maximum atomic E-state index is 10.9. The summed E-state index contributed by atoms with van der Waals surface area (Å²) in [7, 11) is 0. The number of aromatic nitrogens is 2. The number of para-hydroxylation sites is 1. The van der Waals surface area contributed by atoms with E-state index in [0.717, 1.165) is 31.6 Å². The fourth-order valence-corrected chi connectivity index (χ4v) is 2.44. The maximum Gasteiger partial charge on any atom is 0.185 e. The number of benzene rings is 1. The monoisotopic (exact) mass is 242 g/mol. The Labute approximate surface area is 105 Å². The van der Waals surface area contributed by atoms with Crippen LogP contribution in [0.4, 0.5) is 0 Å². The van der Waals surface area contributed by atoms with Crippen molar-refractivity contribution in [1.29, 1.82) is 0 Å². The number of ether oxygens (including phenoxy) is 1. The lowest BCUT2D eigenvalue weighted by atomic mass is 9.93. The second kappa shape index (κ2) is 4.64. The molecule has 92 valence electrons. The van der Waals surface area contributed by atoms with Crippen LogP contribution in [0.2, 0.25) is 0 Å². The number of carbonyl (C=O) groups excluding carboxylic acids is 1. The van der Waals surface area contributed by atoms with Gasteiger partial charge in [-0.25, -0.2) is 4.98 Å². The Kier molecular flexibility index (Phi) is 2.84. The van der Waals surface area contributed by atoms with Crippen molar-refractivity contribution < 1.29 is 9.53 Å². The SMILES string of the molecule is O=Cc1nccn1CC1CCOc2ccccc21. The fourth-order valence-electron chi connectivity index (χ4n) is 2.44. The molecule has 0 spiro atoms. The Morgan fingerprint density at radius 1 is 1.44 bits per heavy atom. The summed E-state index contributed by atoms with van der Waals surface area (Å²) in [6.07, 6.45) is 5.27. The van der Waals surface area contributed by atoms with Crippen molar-refractivity contribution >= 4 is 6.29 Å². The Bertz CT molecular complexity index is 562. The molecular weight excluding hydrogens is 228 g/mol. The van der Waals surface area contributed by atoms with Gasteiger partial charge < -0.3 is 9.30 Å². The number of nitrogens with zero attached hydrogens (tertiary/aromatic N) is 2. The fraction of sp³-hybridized carbons (Fsp3) is 0.286. The third-order valence-corrected chi connectivity index (χ3v) is 3.35. The predicted octanol–water partition coefficient (Wildman–Crippen LogP) is 2.26. The van der Waals surface area contributed by atoms with Gasteiger partial charge in [0.25, 0.3) is 0 Å². The average molecular weight is 242 g/mol. The quantitative estimate of drug-likeness (QED) is 0.775. The van der Waals surface area contributed by atoms with Crippen LogP contribution >= 0.6 is 0 Å². The molecule has 1 aromatic carbocycles. The van der Waals surface area contributed by atoms with Crippen LogP contribution in [0.15, 0.2) is 36.7 Å². The van der Waals surface area contributed by atoms with E-state index in [1.807, 2.05) is 29.0 Å². The van der Waals surface area contributed by atoms with E-state index in [1.165, 1.54) is 5.56 Å². The lowest BCUT2D eigenvalue weighted by molar-refractivity contribution is 0.111. The molecule has 1 atom stereocenters. The minimum absolute atomic E-state index is 0.378. The molecule has 0 N–H and O–H groups in total. The van der Waals surface area contributed by atoms with Crippen LogP contribution in [-0.2, 0) is 6.54 Å². The zero-order valence-electron chi connectivity index (χ0n) is 9.95. The molecule has 3 rings (SSSR count). The number of hydrogen-bond donors (Lipinski definition) is 0. The van der Waals surface area contributed by atoms with Gasteiger partial charge in [0.15, 0.2) is 12.1 Å². The molecule has 1 aliphatic heterocycles. The summed E-state index contributed by atoms with van der Waals surface area (Å²) in [5.74, 6) is 1.82. The van der Waals surface area contributed by atoms with E-state index in [2.05, 4.69) is 11.1 Å². The first-order valence-electron chi connectivity index (χ1n) is 6.06. The number of carbonyl (C=O) groups is 1. The van der Waals surface area contributed by atoms with E-state index < -0.39 is 0 Å². The standard InChI is InChI=1S/C14H14N2O2/c17-10-14-15-6-7-16(14)9-11-5-8-18-13-4-2-1-3-12(11)13/h1-4,6-7,10-11H,5,8-9H2. The molecule has 0 saturated carbocycles. The van der Waals surface area contributed by atoms with Crippen molar-refractivity contribution in [2.24, 2.45) is 0 Å². The van der Waals surface area contributed by atoms with E-state index >= 15 is 0 Å². The minimum Gasteiger partial charge on any atom is -0.493 e. The number of hydrogen-bond acceptors (Lipinski definition) is 3. The Morgan fingerprint density at radius 3 is 3.22 bits per heavy atom. The second-order valence-electron chi connectivity index (χ2n) is 4.43. The van der Waals surface area contributed by atoms with Gasteiger partial charge in [-0.05, 0) is 18.1 Å². The molecule has 0 bridgehead atoms. The van der Waals surface area contributed by atoms with Gasteiger partial charge in [0, 0.05) is 24.9 Å². The first kappa shape index (κ1) is 11.0. The Hall–Kier alpha value is -2.10. The van der Waals surface area contributed by atoms with Gasteiger partial charge in [0.05, 0.1) is 6.61 Å². The van der Waals surface area contributed by atoms with Crippen LogP contribution in [0.1, 0.15) is 28.5 Å². The van der Waals surface area contributed by atoms with Crippen molar-refractivity contribution in [3.05, 3.63) is 48.0 Å². The van der Waals surface area contributed by atoms with Gasteiger partial charge in [-0.1, -0.05) is 18.2 Å². The van der Waals surface area contributed by atoms with Gasteiger partial charge in [0.1, 0.15) is 5.75 Å². The summed E-state index contributed by atoms with van der Waals surface area (Å²) < 4.78 is 7.54. The van der Waals surface area contributed by atoms with Crippen molar-refractivity contribution in [2.75, 3.05) is 6.61 Å². The molecule has 0 amide bonds. The minimum atomic E-state index is 0.378. The topological polar surface area (TPSA) is 44.1 Å². The van der Waals surface area contributed by atoms with E-state index in [9.17, 15) is 4.79 Å². The molecule has 2 heterocycles. The highest BCUT2D eigenvalue weighted by Gasteiger charge is 2.21. The first-order chi connectivity index (χ1) is 8.88. The summed E-state index contributed by atoms with van der Waals surface area (Å²) in [6, 6.07) is 8.09. The number of rotatable bonds is 3. The average Bonchev–Trinajstić information content (AvgIpc) is 2.86. The maximum absolute atomic E-state index is 10.9. The third kappa shape index (κ3) is 1.90. The number of fused-ring (bicyclic) bond motifs is 1. The molecule has 18 heavy (non-hydrogen) atoms. The molecule has 0 fully saturated rings.